The van der Waals surface area contributed by atoms with Crippen molar-refractivity contribution >= 4 is 5.69 Å². The third-order valence-electron chi connectivity index (χ3n) is 5.16. The molecule has 1 atom stereocenters. The first-order valence-corrected chi connectivity index (χ1v) is 10.3. The molecule has 26 heavy (non-hydrogen) atoms. The summed E-state index contributed by atoms with van der Waals surface area (Å²) in [6, 6.07) is 18.2. The second-order valence-corrected chi connectivity index (χ2v) is 7.34. The zero-order valence-electron chi connectivity index (χ0n) is 17.1. The minimum absolute atomic E-state index is 0.411. The quantitative estimate of drug-likeness (QED) is 0.460. The molecule has 0 spiro atoms. The minimum Gasteiger partial charge on any atom is -0.385 e. The van der Waals surface area contributed by atoms with Crippen molar-refractivity contribution in [3.63, 3.8) is 0 Å². The Kier molecular flexibility index (Phi) is 8.70. The van der Waals surface area contributed by atoms with Crippen LogP contribution in [0.15, 0.2) is 48.5 Å². The number of aryl methyl sites for hydroxylation is 1. The van der Waals surface area contributed by atoms with Gasteiger partial charge in [0.2, 0.25) is 0 Å². The van der Waals surface area contributed by atoms with Gasteiger partial charge in [0.25, 0.3) is 0 Å². The van der Waals surface area contributed by atoms with Crippen molar-refractivity contribution in [3.05, 3.63) is 65.2 Å². The summed E-state index contributed by atoms with van der Waals surface area (Å²) in [5.74, 6) is 0. The molecule has 0 radical (unpaired) electrons. The second-order valence-electron chi connectivity index (χ2n) is 7.34. The monoisotopic (exact) mass is 352 g/mol. The van der Waals surface area contributed by atoms with E-state index in [1.54, 1.807) is 0 Å². The summed E-state index contributed by atoms with van der Waals surface area (Å²) in [4.78, 5) is 2.61. The van der Waals surface area contributed by atoms with Gasteiger partial charge in [0.15, 0.2) is 0 Å². The Hall–Kier alpha value is -1.80. The summed E-state index contributed by atoms with van der Waals surface area (Å²) in [7, 11) is 0. The molecule has 0 saturated carbocycles. The summed E-state index contributed by atoms with van der Waals surface area (Å²) in [6.45, 7) is 12.3. The highest BCUT2D eigenvalue weighted by molar-refractivity contribution is 5.53. The molecule has 2 nitrogen and oxygen atoms in total. The molecule has 0 amide bonds. The van der Waals surface area contributed by atoms with Crippen LogP contribution in [0.3, 0.4) is 0 Å². The molecular formula is C24H36N2. The van der Waals surface area contributed by atoms with Gasteiger partial charge < -0.3 is 5.32 Å². The smallest absolute Gasteiger partial charge is 0.0373 e. The maximum absolute atomic E-state index is 3.62. The van der Waals surface area contributed by atoms with Crippen molar-refractivity contribution < 1.29 is 0 Å². The highest BCUT2D eigenvalue weighted by Gasteiger charge is 2.16. The number of nitrogens with zero attached hydrogens (tertiary/aromatic N) is 1. The second kappa shape index (κ2) is 11.0. The first-order chi connectivity index (χ1) is 12.7. The van der Waals surface area contributed by atoms with E-state index in [0.717, 1.165) is 19.6 Å². The fraction of sp³-hybridized carbons (Fsp3) is 0.500. The van der Waals surface area contributed by atoms with E-state index in [1.165, 1.54) is 48.1 Å². The Bertz CT molecular complexity index is 636. The van der Waals surface area contributed by atoms with Gasteiger partial charge in [-0.05, 0) is 56.0 Å². The first-order valence-electron chi connectivity index (χ1n) is 10.3. The molecule has 0 aliphatic rings. The van der Waals surface area contributed by atoms with Crippen LogP contribution >= 0.6 is 0 Å². The van der Waals surface area contributed by atoms with Gasteiger partial charge in [-0.2, -0.15) is 0 Å². The normalized spacial score (nSPS) is 12.3. The summed E-state index contributed by atoms with van der Waals surface area (Å²) in [5, 5.41) is 3.62. The first kappa shape index (κ1) is 20.5. The van der Waals surface area contributed by atoms with E-state index in [2.05, 4.69) is 86.4 Å². The van der Waals surface area contributed by atoms with Crippen molar-refractivity contribution in [1.82, 2.24) is 4.90 Å². The lowest BCUT2D eigenvalue weighted by atomic mass is 10.0. The molecule has 2 aromatic rings. The Morgan fingerprint density at radius 2 is 1.69 bits per heavy atom. The lowest BCUT2D eigenvalue weighted by Crippen LogP contribution is -2.28. The van der Waals surface area contributed by atoms with Gasteiger partial charge in [-0.15, -0.1) is 0 Å². The fourth-order valence-electron chi connectivity index (χ4n) is 3.29. The van der Waals surface area contributed by atoms with Crippen molar-refractivity contribution in [2.75, 3.05) is 18.4 Å². The average molecular weight is 353 g/mol. The summed E-state index contributed by atoms with van der Waals surface area (Å²) >= 11 is 0. The third kappa shape index (κ3) is 6.17. The van der Waals surface area contributed by atoms with Crippen LogP contribution in [0.2, 0.25) is 0 Å². The van der Waals surface area contributed by atoms with Crippen LogP contribution in [0, 0.1) is 6.92 Å². The number of benzene rings is 2. The number of rotatable bonds is 11. The molecule has 1 N–H and O–H groups in total. The van der Waals surface area contributed by atoms with Crippen LogP contribution in [-0.4, -0.2) is 18.0 Å². The maximum atomic E-state index is 3.62. The predicted octanol–water partition coefficient (Wildman–Crippen LogP) is 6.57. The van der Waals surface area contributed by atoms with Crippen molar-refractivity contribution in [2.24, 2.45) is 0 Å². The number of hydrogen-bond acceptors (Lipinski definition) is 2. The molecule has 0 aromatic heterocycles. The molecule has 0 aliphatic carbocycles. The largest absolute Gasteiger partial charge is 0.385 e. The Balaban J connectivity index is 2.15. The zero-order valence-corrected chi connectivity index (χ0v) is 17.1. The van der Waals surface area contributed by atoms with E-state index >= 15 is 0 Å². The topological polar surface area (TPSA) is 15.3 Å². The summed E-state index contributed by atoms with van der Waals surface area (Å²) in [5.41, 5.74) is 5.42. The van der Waals surface area contributed by atoms with Crippen LogP contribution in [0.5, 0.6) is 0 Å². The van der Waals surface area contributed by atoms with Crippen LogP contribution in [-0.2, 0) is 6.54 Å². The van der Waals surface area contributed by atoms with Gasteiger partial charge in [0.1, 0.15) is 0 Å². The fourth-order valence-corrected chi connectivity index (χ4v) is 3.29. The Morgan fingerprint density at radius 1 is 0.962 bits per heavy atom. The number of anilines is 1. The van der Waals surface area contributed by atoms with Gasteiger partial charge in [0, 0.05) is 24.8 Å². The lowest BCUT2D eigenvalue weighted by Gasteiger charge is -2.30. The molecule has 0 unspecified atom stereocenters. The van der Waals surface area contributed by atoms with Crippen LogP contribution < -0.4 is 5.32 Å². The molecule has 2 rings (SSSR count). The average Bonchev–Trinajstić information content (AvgIpc) is 2.67. The summed E-state index contributed by atoms with van der Waals surface area (Å²) < 4.78 is 0. The highest BCUT2D eigenvalue weighted by atomic mass is 15.1. The van der Waals surface area contributed by atoms with E-state index in [1.807, 2.05) is 0 Å². The number of hydrogen-bond donors (Lipinski definition) is 1. The Labute approximate surface area is 160 Å². The van der Waals surface area contributed by atoms with Crippen molar-refractivity contribution in [2.45, 2.75) is 66.0 Å². The van der Waals surface area contributed by atoms with E-state index in [-0.39, 0.29) is 0 Å². The van der Waals surface area contributed by atoms with Gasteiger partial charge in [0.05, 0.1) is 0 Å². The number of nitrogens with one attached hydrogen (secondary N) is 1. The van der Waals surface area contributed by atoms with Crippen molar-refractivity contribution in [3.8, 4) is 0 Å². The number of unbranched alkanes of at least 4 members (excludes halogenated alkanes) is 2. The molecule has 0 saturated heterocycles. The van der Waals surface area contributed by atoms with Crippen LogP contribution in [0.1, 0.15) is 69.2 Å². The van der Waals surface area contributed by atoms with Gasteiger partial charge >= 0.3 is 0 Å². The van der Waals surface area contributed by atoms with E-state index in [0.29, 0.717) is 6.04 Å². The molecule has 0 heterocycles. The van der Waals surface area contributed by atoms with E-state index in [4.69, 9.17) is 0 Å². The molecule has 2 heteroatoms. The SMILES string of the molecule is CCCCNc1cc([C@@H](C)N(CCCC)Cc2ccccc2)ccc1C. The van der Waals surface area contributed by atoms with E-state index in [9.17, 15) is 0 Å². The summed E-state index contributed by atoms with van der Waals surface area (Å²) in [6.07, 6.45) is 4.92. The molecule has 142 valence electrons. The maximum Gasteiger partial charge on any atom is 0.0373 e. The zero-order chi connectivity index (χ0) is 18.8. The molecular weight excluding hydrogens is 316 g/mol. The molecule has 0 bridgehead atoms. The molecule has 2 aromatic carbocycles. The standard InChI is InChI=1S/C24H36N2/c1-5-7-16-25-24-18-23(15-14-20(24)3)21(4)26(17-8-6-2)19-22-12-10-9-11-13-22/h9-15,18,21,25H,5-8,16-17,19H2,1-4H3/t21-/m1/s1. The van der Waals surface area contributed by atoms with E-state index < -0.39 is 0 Å². The lowest BCUT2D eigenvalue weighted by molar-refractivity contribution is 0.198. The molecule has 0 aliphatic heterocycles. The van der Waals surface area contributed by atoms with Crippen LogP contribution in [0.25, 0.3) is 0 Å². The highest BCUT2D eigenvalue weighted by Crippen LogP contribution is 2.27. The minimum atomic E-state index is 0.411. The molecule has 0 fully saturated rings. The predicted molar refractivity (Wildman–Crippen MR) is 115 cm³/mol. The Morgan fingerprint density at radius 3 is 2.38 bits per heavy atom. The van der Waals surface area contributed by atoms with Gasteiger partial charge in [-0.3, -0.25) is 4.90 Å². The third-order valence-corrected chi connectivity index (χ3v) is 5.16. The van der Waals surface area contributed by atoms with Gasteiger partial charge in [-0.1, -0.05) is 69.2 Å². The van der Waals surface area contributed by atoms with Crippen LogP contribution in [0.4, 0.5) is 5.69 Å². The van der Waals surface area contributed by atoms with Crippen molar-refractivity contribution in [1.29, 1.82) is 0 Å². The van der Waals surface area contributed by atoms with Gasteiger partial charge in [-0.25, -0.2) is 0 Å².